The second-order valence-corrected chi connectivity index (χ2v) is 20.3. The van der Waals surface area contributed by atoms with Gasteiger partial charge in [-0.1, -0.05) is 111 Å². The van der Waals surface area contributed by atoms with Gasteiger partial charge in [0.25, 0.3) is 5.79 Å². The first-order chi connectivity index (χ1) is 26.6. The molecule has 1 fully saturated rings. The zero-order valence-corrected chi connectivity index (χ0v) is 33.6. The maximum absolute atomic E-state index is 14.1. The lowest BCUT2D eigenvalue weighted by Gasteiger charge is -2.49. The van der Waals surface area contributed by atoms with Gasteiger partial charge in [-0.05, 0) is 22.7 Å². The highest BCUT2D eigenvalue weighted by Crippen LogP contribution is 2.38. The molecule has 0 radical (unpaired) electrons. The fourth-order valence-electron chi connectivity index (χ4n) is 5.97. The number of ether oxygens (including phenoxy) is 7. The molecule has 3 aromatic rings. The van der Waals surface area contributed by atoms with Crippen LogP contribution in [0.15, 0.2) is 91.0 Å². The van der Waals surface area contributed by atoms with Crippen molar-refractivity contribution >= 4 is 37.5 Å². The van der Waals surface area contributed by atoms with E-state index in [4.69, 9.17) is 44.8 Å². The van der Waals surface area contributed by atoms with Crippen molar-refractivity contribution < 1.29 is 60.7 Å². The van der Waals surface area contributed by atoms with Gasteiger partial charge >= 0.3 is 24.0 Å². The van der Waals surface area contributed by atoms with Gasteiger partial charge in [0.1, 0.15) is 18.1 Å². The van der Waals surface area contributed by atoms with Crippen molar-refractivity contribution in [2.24, 2.45) is 0 Å². The van der Waals surface area contributed by atoms with E-state index in [1.54, 1.807) is 60.7 Å². The van der Waals surface area contributed by atoms with Crippen molar-refractivity contribution in [2.45, 2.75) is 94.3 Å². The van der Waals surface area contributed by atoms with E-state index in [0.717, 1.165) is 12.7 Å². The number of methoxy groups -OCH3 is 1. The maximum atomic E-state index is 14.1. The number of rotatable bonds is 20. The molecular weight excluding hydrogens is 775 g/mol. The Balaban J connectivity index is 1.87. The van der Waals surface area contributed by atoms with Crippen LogP contribution in [0.4, 0.5) is 13.2 Å². The van der Waals surface area contributed by atoms with Crippen LogP contribution >= 0.6 is 11.6 Å². The molecule has 1 heterocycles. The Labute approximate surface area is 331 Å². The summed E-state index contributed by atoms with van der Waals surface area (Å²) in [6.45, 7) is 5.68. The third-order valence-electron chi connectivity index (χ3n) is 8.86. The highest BCUT2D eigenvalue weighted by atomic mass is 35.5. The number of amides is 1. The molecule has 306 valence electrons. The molecule has 1 saturated heterocycles. The number of alkyl halides is 4. The lowest BCUT2D eigenvalue weighted by Crippen LogP contribution is -2.69. The van der Waals surface area contributed by atoms with E-state index >= 15 is 0 Å². The van der Waals surface area contributed by atoms with Gasteiger partial charge < -0.3 is 38.5 Å². The normalized spacial score (nSPS) is 21.1. The molecule has 4 rings (SSSR count). The molecule has 1 amide bonds. The van der Waals surface area contributed by atoms with Crippen LogP contribution in [-0.2, 0) is 67.4 Å². The molecule has 1 aliphatic rings. The van der Waals surface area contributed by atoms with Gasteiger partial charge in [-0.25, -0.2) is 4.79 Å². The maximum Gasteiger partial charge on any atom is 0.471 e. The number of halogens is 4. The molecule has 3 aromatic carbocycles. The van der Waals surface area contributed by atoms with Crippen LogP contribution in [0.25, 0.3) is 0 Å². The van der Waals surface area contributed by atoms with Gasteiger partial charge in [-0.2, -0.15) is 13.2 Å². The Morgan fingerprint density at radius 2 is 1.45 bits per heavy atom. The summed E-state index contributed by atoms with van der Waals surface area (Å²) in [4.78, 5) is 39.6. The van der Waals surface area contributed by atoms with Crippen molar-refractivity contribution in [1.29, 1.82) is 0 Å². The quantitative estimate of drug-likeness (QED) is 0.0759. The Morgan fingerprint density at radius 3 is 1.96 bits per heavy atom. The lowest BCUT2D eigenvalue weighted by molar-refractivity contribution is -0.320. The molecule has 56 heavy (non-hydrogen) atoms. The molecule has 0 aliphatic carbocycles. The molecule has 0 aromatic heterocycles. The summed E-state index contributed by atoms with van der Waals surface area (Å²) in [6, 6.07) is 25.6. The number of esters is 2. The standard InChI is InChI=1S/C40H49ClF3NO10Si/c1-49-38(48)39(53-20-21-56(2,3)4)22-31(51-25-29-16-10-6-11-17-29)34(45-37(47)40(42,43)44)36(55-39)35(52-26-30-18-12-7-13-19-30)32(54-33(46)23-41)27-50-24-28-14-8-5-9-15-28/h5-19,31-32,34-36H,20-27H2,1-4H3,(H,45,47)/t31-,32+,34+,35+,36+,39+/m0/s1. The highest BCUT2D eigenvalue weighted by molar-refractivity contribution is 6.76. The monoisotopic (exact) mass is 823 g/mol. The number of hydrogen-bond donors (Lipinski definition) is 1. The minimum Gasteiger partial charge on any atom is -0.465 e. The van der Waals surface area contributed by atoms with Crippen LogP contribution in [0, 0.1) is 0 Å². The molecule has 0 unspecified atom stereocenters. The minimum atomic E-state index is -5.33. The molecular formula is C40H49ClF3NO10Si. The first kappa shape index (κ1) is 44.9. The van der Waals surface area contributed by atoms with Crippen LogP contribution in [-0.4, -0.2) is 94.5 Å². The van der Waals surface area contributed by atoms with Gasteiger partial charge in [-0.15, -0.1) is 11.6 Å². The third kappa shape index (κ3) is 13.7. The number of carbonyl (C=O) groups excluding carboxylic acids is 3. The predicted octanol–water partition coefficient (Wildman–Crippen LogP) is 6.58. The average molecular weight is 824 g/mol. The Kier molecular flexibility index (Phi) is 16.9. The van der Waals surface area contributed by atoms with E-state index in [1.165, 1.54) is 0 Å². The molecule has 0 bridgehead atoms. The van der Waals surface area contributed by atoms with E-state index in [1.807, 2.05) is 30.3 Å². The number of benzene rings is 3. The van der Waals surface area contributed by atoms with E-state index in [2.05, 4.69) is 25.0 Å². The largest absolute Gasteiger partial charge is 0.471 e. The predicted molar refractivity (Wildman–Crippen MR) is 203 cm³/mol. The smallest absolute Gasteiger partial charge is 0.465 e. The van der Waals surface area contributed by atoms with Gasteiger partial charge in [0.2, 0.25) is 0 Å². The number of carbonyl (C=O) groups is 3. The van der Waals surface area contributed by atoms with E-state index in [9.17, 15) is 27.6 Å². The fraction of sp³-hybridized carbons (Fsp3) is 0.475. The zero-order valence-electron chi connectivity index (χ0n) is 31.8. The molecule has 1 N–H and O–H groups in total. The van der Waals surface area contributed by atoms with Crippen LogP contribution in [0.5, 0.6) is 0 Å². The van der Waals surface area contributed by atoms with Crippen LogP contribution in [0.3, 0.4) is 0 Å². The number of nitrogens with one attached hydrogen (secondary N) is 1. The minimum absolute atomic E-state index is 0.0168. The SMILES string of the molecule is COC(=O)[C@@]1(OCC[Si](C)(C)C)C[C@H](OCc2ccccc2)[C@@H](NC(=O)C(F)(F)F)[C@H]([C@H](OCc2ccccc2)[C@@H](COCc2ccccc2)OC(=O)CCl)O1. The van der Waals surface area contributed by atoms with Gasteiger partial charge in [-0.3, -0.25) is 9.59 Å². The van der Waals surface area contributed by atoms with Gasteiger partial charge in [0, 0.05) is 21.1 Å². The van der Waals surface area contributed by atoms with Crippen molar-refractivity contribution in [3.63, 3.8) is 0 Å². The van der Waals surface area contributed by atoms with E-state index in [0.29, 0.717) is 17.2 Å². The zero-order chi connectivity index (χ0) is 40.8. The van der Waals surface area contributed by atoms with Crippen molar-refractivity contribution in [3.05, 3.63) is 108 Å². The summed E-state index contributed by atoms with van der Waals surface area (Å²) in [5.74, 6) is -7.05. The number of hydrogen-bond acceptors (Lipinski definition) is 10. The Bertz CT molecular complexity index is 1670. The third-order valence-corrected chi connectivity index (χ3v) is 10.8. The van der Waals surface area contributed by atoms with Gasteiger partial charge in [0.15, 0.2) is 6.10 Å². The molecule has 0 spiro atoms. The second kappa shape index (κ2) is 21.1. The Hall–Kier alpha value is -3.83. The summed E-state index contributed by atoms with van der Waals surface area (Å²) in [7, 11) is -0.663. The molecule has 16 heteroatoms. The van der Waals surface area contributed by atoms with E-state index in [-0.39, 0.29) is 33.0 Å². The van der Waals surface area contributed by atoms with Crippen molar-refractivity contribution in [1.82, 2.24) is 5.32 Å². The summed E-state index contributed by atoms with van der Waals surface area (Å²) in [5.41, 5.74) is 2.06. The van der Waals surface area contributed by atoms with Crippen LogP contribution in [0.2, 0.25) is 25.7 Å². The lowest BCUT2D eigenvalue weighted by atomic mass is 9.87. The fourth-order valence-corrected chi connectivity index (χ4v) is 6.75. The van der Waals surface area contributed by atoms with Crippen LogP contribution < -0.4 is 5.32 Å². The molecule has 6 atom stereocenters. The van der Waals surface area contributed by atoms with Gasteiger partial charge in [0.05, 0.1) is 45.7 Å². The van der Waals surface area contributed by atoms with Crippen LogP contribution in [0.1, 0.15) is 23.1 Å². The van der Waals surface area contributed by atoms with E-state index < -0.39 is 80.6 Å². The summed E-state index contributed by atoms with van der Waals surface area (Å²) >= 11 is 5.89. The van der Waals surface area contributed by atoms with Crippen molar-refractivity contribution in [3.8, 4) is 0 Å². The summed E-state index contributed by atoms with van der Waals surface area (Å²) < 4.78 is 84.7. The molecule has 0 saturated carbocycles. The Morgan fingerprint density at radius 1 is 0.893 bits per heavy atom. The average Bonchev–Trinajstić information content (AvgIpc) is 3.17. The second-order valence-electron chi connectivity index (χ2n) is 14.4. The first-order valence-corrected chi connectivity index (χ1v) is 22.3. The topological polar surface area (TPSA) is 128 Å². The highest BCUT2D eigenvalue weighted by Gasteiger charge is 2.59. The van der Waals surface area contributed by atoms with Crippen molar-refractivity contribution in [2.75, 3.05) is 26.2 Å². The summed E-state index contributed by atoms with van der Waals surface area (Å²) in [6.07, 6.45) is -11.9. The summed E-state index contributed by atoms with van der Waals surface area (Å²) in [5, 5.41) is 2.05. The molecule has 11 nitrogen and oxygen atoms in total. The molecule has 1 aliphatic heterocycles. The first-order valence-electron chi connectivity index (χ1n) is 18.1.